The minimum atomic E-state index is -0.564. The minimum Gasteiger partial charge on any atom is -0.497 e. The van der Waals surface area contributed by atoms with Crippen LogP contribution in [0.25, 0.3) is 0 Å². The highest BCUT2D eigenvalue weighted by Gasteiger charge is 2.31. The van der Waals surface area contributed by atoms with Gasteiger partial charge in [-0.05, 0) is 60.6 Å². The molecule has 1 atom stereocenters. The molecule has 0 unspecified atom stereocenters. The molecule has 1 fully saturated rings. The predicted octanol–water partition coefficient (Wildman–Crippen LogP) is 5.06. The molecule has 2 amide bonds. The predicted molar refractivity (Wildman–Crippen MR) is 134 cm³/mol. The van der Waals surface area contributed by atoms with Crippen LogP contribution in [-0.4, -0.2) is 42.5 Å². The Kier molecular flexibility index (Phi) is 9.37. The lowest BCUT2D eigenvalue weighted by Gasteiger charge is -2.31. The molecule has 1 N–H and O–H groups in total. The lowest BCUT2D eigenvalue weighted by molar-refractivity contribution is -0.143. The second-order valence-electron chi connectivity index (χ2n) is 9.30. The second kappa shape index (κ2) is 12.4. The van der Waals surface area contributed by atoms with Crippen molar-refractivity contribution in [1.82, 2.24) is 10.2 Å². The van der Waals surface area contributed by atoms with Crippen molar-refractivity contribution < 1.29 is 19.1 Å². The Morgan fingerprint density at radius 2 is 1.76 bits per heavy atom. The first-order valence-electron chi connectivity index (χ1n) is 12.4. The Hall–Kier alpha value is -3.02. The molecule has 0 aromatic heterocycles. The van der Waals surface area contributed by atoms with Gasteiger partial charge in [-0.25, -0.2) is 0 Å². The van der Waals surface area contributed by atoms with E-state index in [0.29, 0.717) is 24.6 Å². The fourth-order valence-corrected chi connectivity index (χ4v) is 4.43. The number of methoxy groups -OCH3 is 1. The van der Waals surface area contributed by atoms with Crippen LogP contribution in [0.4, 0.5) is 0 Å². The zero-order chi connectivity index (χ0) is 24.5. The van der Waals surface area contributed by atoms with Crippen LogP contribution in [0.5, 0.6) is 11.5 Å². The molecule has 184 valence electrons. The standard InChI is InChI=1S/C28H38N2O4/c1-5-26(28(32)29-23-10-6-7-11-23)30(18-21-9-8-12-25(17-21)33-4)27(31)19-34-24-15-13-22(14-16-24)20(2)3/h8-9,12-17,20,23,26H,5-7,10-11,18-19H2,1-4H3,(H,29,32)/t26-/m0/s1. The molecule has 1 aliphatic rings. The van der Waals surface area contributed by atoms with Gasteiger partial charge in [-0.3, -0.25) is 9.59 Å². The van der Waals surface area contributed by atoms with Gasteiger partial charge in [-0.15, -0.1) is 0 Å². The van der Waals surface area contributed by atoms with Crippen molar-refractivity contribution in [3.63, 3.8) is 0 Å². The third-order valence-corrected chi connectivity index (χ3v) is 6.48. The van der Waals surface area contributed by atoms with Gasteiger partial charge in [0.05, 0.1) is 7.11 Å². The summed E-state index contributed by atoms with van der Waals surface area (Å²) >= 11 is 0. The third kappa shape index (κ3) is 6.99. The molecule has 0 bridgehead atoms. The lowest BCUT2D eigenvalue weighted by Crippen LogP contribution is -2.52. The van der Waals surface area contributed by atoms with Gasteiger partial charge in [-0.1, -0.05) is 57.9 Å². The van der Waals surface area contributed by atoms with Crippen molar-refractivity contribution in [2.45, 2.75) is 77.4 Å². The maximum Gasteiger partial charge on any atom is 0.261 e. The van der Waals surface area contributed by atoms with Gasteiger partial charge in [0.15, 0.2) is 6.61 Å². The molecule has 2 aromatic rings. The van der Waals surface area contributed by atoms with Crippen molar-refractivity contribution in [2.24, 2.45) is 0 Å². The van der Waals surface area contributed by atoms with Crippen LogP contribution in [0.15, 0.2) is 48.5 Å². The average molecular weight is 467 g/mol. The zero-order valence-corrected chi connectivity index (χ0v) is 20.9. The summed E-state index contributed by atoms with van der Waals surface area (Å²) in [7, 11) is 1.62. The first-order valence-corrected chi connectivity index (χ1v) is 12.4. The Balaban J connectivity index is 1.75. The fraction of sp³-hybridized carbons (Fsp3) is 0.500. The maximum absolute atomic E-state index is 13.4. The molecule has 6 nitrogen and oxygen atoms in total. The maximum atomic E-state index is 13.4. The molecule has 0 saturated heterocycles. The number of carbonyl (C=O) groups excluding carboxylic acids is 2. The van der Waals surface area contributed by atoms with E-state index in [0.717, 1.165) is 37.0 Å². The van der Waals surface area contributed by atoms with Crippen LogP contribution < -0.4 is 14.8 Å². The van der Waals surface area contributed by atoms with Crippen molar-refractivity contribution in [3.05, 3.63) is 59.7 Å². The van der Waals surface area contributed by atoms with Gasteiger partial charge < -0.3 is 19.7 Å². The van der Waals surface area contributed by atoms with Crippen LogP contribution >= 0.6 is 0 Å². The molecule has 1 saturated carbocycles. The van der Waals surface area contributed by atoms with Crippen LogP contribution in [0.1, 0.15) is 69.9 Å². The van der Waals surface area contributed by atoms with Gasteiger partial charge >= 0.3 is 0 Å². The van der Waals surface area contributed by atoms with E-state index in [4.69, 9.17) is 9.47 Å². The van der Waals surface area contributed by atoms with E-state index in [-0.39, 0.29) is 24.5 Å². The second-order valence-corrected chi connectivity index (χ2v) is 9.30. The lowest BCUT2D eigenvalue weighted by atomic mass is 10.0. The number of hydrogen-bond acceptors (Lipinski definition) is 4. The van der Waals surface area contributed by atoms with Crippen molar-refractivity contribution in [2.75, 3.05) is 13.7 Å². The van der Waals surface area contributed by atoms with E-state index >= 15 is 0 Å². The SMILES string of the molecule is CC[C@@H](C(=O)NC1CCCC1)N(Cc1cccc(OC)c1)C(=O)COc1ccc(C(C)C)cc1. The van der Waals surface area contributed by atoms with Crippen LogP contribution in [0.3, 0.4) is 0 Å². The molecule has 1 aliphatic carbocycles. The summed E-state index contributed by atoms with van der Waals surface area (Å²) in [5.74, 6) is 1.48. The number of nitrogens with zero attached hydrogens (tertiary/aromatic N) is 1. The Labute approximate surface area is 203 Å². The largest absolute Gasteiger partial charge is 0.497 e. The summed E-state index contributed by atoms with van der Waals surface area (Å²) in [5.41, 5.74) is 2.12. The van der Waals surface area contributed by atoms with Crippen molar-refractivity contribution in [3.8, 4) is 11.5 Å². The van der Waals surface area contributed by atoms with Gasteiger partial charge in [0.2, 0.25) is 5.91 Å². The fourth-order valence-electron chi connectivity index (χ4n) is 4.43. The van der Waals surface area contributed by atoms with Crippen LogP contribution in [-0.2, 0) is 16.1 Å². The van der Waals surface area contributed by atoms with Crippen LogP contribution in [0, 0.1) is 0 Å². The first-order chi connectivity index (χ1) is 16.4. The summed E-state index contributed by atoms with van der Waals surface area (Å²) < 4.78 is 11.2. The zero-order valence-electron chi connectivity index (χ0n) is 20.9. The van der Waals surface area contributed by atoms with Gasteiger partial charge in [-0.2, -0.15) is 0 Å². The highest BCUT2D eigenvalue weighted by molar-refractivity contribution is 5.88. The molecule has 0 radical (unpaired) electrons. The van der Waals surface area contributed by atoms with E-state index in [1.807, 2.05) is 55.5 Å². The summed E-state index contributed by atoms with van der Waals surface area (Å²) in [6.45, 7) is 6.39. The number of nitrogens with one attached hydrogen (secondary N) is 1. The average Bonchev–Trinajstić information content (AvgIpc) is 3.35. The minimum absolute atomic E-state index is 0.0908. The monoisotopic (exact) mass is 466 g/mol. The number of benzene rings is 2. The van der Waals surface area contributed by atoms with Gasteiger partial charge in [0.1, 0.15) is 17.5 Å². The molecular weight excluding hydrogens is 428 g/mol. The highest BCUT2D eigenvalue weighted by Crippen LogP contribution is 2.22. The van der Waals surface area contributed by atoms with Crippen molar-refractivity contribution in [1.29, 1.82) is 0 Å². The van der Waals surface area contributed by atoms with Gasteiger partial charge in [0, 0.05) is 12.6 Å². The third-order valence-electron chi connectivity index (χ3n) is 6.48. The number of ether oxygens (including phenoxy) is 2. The molecule has 0 spiro atoms. The highest BCUT2D eigenvalue weighted by atomic mass is 16.5. The molecule has 2 aromatic carbocycles. The summed E-state index contributed by atoms with van der Waals surface area (Å²) in [4.78, 5) is 28.2. The Morgan fingerprint density at radius 3 is 2.38 bits per heavy atom. The van der Waals surface area contributed by atoms with E-state index in [1.165, 1.54) is 5.56 Å². The number of hydrogen-bond donors (Lipinski definition) is 1. The Morgan fingerprint density at radius 1 is 1.06 bits per heavy atom. The van der Waals surface area contributed by atoms with Crippen LogP contribution in [0.2, 0.25) is 0 Å². The molecule has 0 heterocycles. The molecular formula is C28H38N2O4. The number of rotatable bonds is 11. The van der Waals surface area contributed by atoms with E-state index in [1.54, 1.807) is 12.0 Å². The molecule has 0 aliphatic heterocycles. The number of carbonyl (C=O) groups is 2. The summed E-state index contributed by atoms with van der Waals surface area (Å²) in [6.07, 6.45) is 4.80. The smallest absolute Gasteiger partial charge is 0.261 e. The summed E-state index contributed by atoms with van der Waals surface area (Å²) in [5, 5.41) is 3.17. The van der Waals surface area contributed by atoms with E-state index in [2.05, 4.69) is 19.2 Å². The Bertz CT molecular complexity index is 936. The molecule has 6 heteroatoms. The quantitative estimate of drug-likeness (QED) is 0.502. The van der Waals surface area contributed by atoms with Gasteiger partial charge in [0.25, 0.3) is 5.91 Å². The van der Waals surface area contributed by atoms with Crippen molar-refractivity contribution >= 4 is 11.8 Å². The molecule has 3 rings (SSSR count). The molecule has 34 heavy (non-hydrogen) atoms. The topological polar surface area (TPSA) is 67.9 Å². The number of amides is 2. The first kappa shape index (κ1) is 25.6. The van der Waals surface area contributed by atoms with E-state index < -0.39 is 6.04 Å². The summed E-state index contributed by atoms with van der Waals surface area (Å²) in [6, 6.07) is 15.0. The normalized spacial score (nSPS) is 14.6. The van der Waals surface area contributed by atoms with E-state index in [9.17, 15) is 9.59 Å².